The van der Waals surface area contributed by atoms with Crippen molar-refractivity contribution in [3.05, 3.63) is 101 Å². The second-order valence-electron chi connectivity index (χ2n) is 13.4. The van der Waals surface area contributed by atoms with E-state index in [1.807, 2.05) is 13.0 Å². The summed E-state index contributed by atoms with van der Waals surface area (Å²) in [6, 6.07) is 23.9. The fraction of sp³-hybridized carbons (Fsp3) is 0.474. The standard InChI is InChI=1S/C38H47FN4O2/c1-4-26(3)37(38(44)45)42-24-32(35(25-42)31-11-8-12-33(39)21-31)23-41-17-15-29(16-18-41)36-22-34(40-43(36)5-2)20-27-13-14-28-9-6-7-10-30(28)19-27/h6-14,19,21-22,26,29,32,35,37H,4-5,15-18,20,23-25H2,1-3H3,(H,44,45)/t26-,32+,35-,37-/m1/s1. The zero-order chi connectivity index (χ0) is 31.5. The van der Waals surface area contributed by atoms with Crippen molar-refractivity contribution in [2.75, 3.05) is 32.7 Å². The lowest BCUT2D eigenvalue weighted by atomic mass is 9.87. The van der Waals surface area contributed by atoms with Gasteiger partial charge in [0.2, 0.25) is 0 Å². The average molecular weight is 611 g/mol. The van der Waals surface area contributed by atoms with Crippen LogP contribution in [0.25, 0.3) is 10.8 Å². The van der Waals surface area contributed by atoms with E-state index in [1.54, 1.807) is 12.1 Å². The average Bonchev–Trinajstić information content (AvgIpc) is 3.65. The molecule has 4 atom stereocenters. The highest BCUT2D eigenvalue weighted by Crippen LogP contribution is 2.38. The molecule has 0 radical (unpaired) electrons. The van der Waals surface area contributed by atoms with E-state index in [2.05, 4.69) is 76.9 Å². The van der Waals surface area contributed by atoms with E-state index in [4.69, 9.17) is 5.10 Å². The lowest BCUT2D eigenvalue weighted by Gasteiger charge is -2.35. The Morgan fingerprint density at radius 3 is 2.47 bits per heavy atom. The number of piperidine rings is 1. The van der Waals surface area contributed by atoms with Crippen molar-refractivity contribution in [1.29, 1.82) is 0 Å². The van der Waals surface area contributed by atoms with E-state index < -0.39 is 12.0 Å². The van der Waals surface area contributed by atoms with Crippen LogP contribution in [0.3, 0.4) is 0 Å². The lowest BCUT2D eigenvalue weighted by molar-refractivity contribution is -0.145. The van der Waals surface area contributed by atoms with Crippen LogP contribution in [0.15, 0.2) is 72.8 Å². The number of rotatable bonds is 11. The molecule has 1 aromatic heterocycles. The van der Waals surface area contributed by atoms with Crippen molar-refractivity contribution in [2.24, 2.45) is 11.8 Å². The van der Waals surface area contributed by atoms with Crippen molar-refractivity contribution < 1.29 is 14.3 Å². The molecule has 45 heavy (non-hydrogen) atoms. The van der Waals surface area contributed by atoms with Gasteiger partial charge in [-0.3, -0.25) is 14.4 Å². The molecule has 1 N–H and O–H groups in total. The van der Waals surface area contributed by atoms with E-state index in [1.165, 1.54) is 28.1 Å². The largest absolute Gasteiger partial charge is 0.480 e. The summed E-state index contributed by atoms with van der Waals surface area (Å²) in [7, 11) is 0. The zero-order valence-electron chi connectivity index (χ0n) is 26.9. The predicted octanol–water partition coefficient (Wildman–Crippen LogP) is 7.18. The molecule has 238 valence electrons. The molecule has 2 aliphatic heterocycles. The lowest BCUT2D eigenvalue weighted by Crippen LogP contribution is -2.45. The first-order chi connectivity index (χ1) is 21.8. The van der Waals surface area contributed by atoms with Gasteiger partial charge in [0.15, 0.2) is 0 Å². The number of hydrogen-bond donors (Lipinski definition) is 1. The normalized spacial score (nSPS) is 21.3. The van der Waals surface area contributed by atoms with Crippen LogP contribution in [0, 0.1) is 17.7 Å². The molecule has 2 fully saturated rings. The minimum atomic E-state index is -0.753. The summed E-state index contributed by atoms with van der Waals surface area (Å²) >= 11 is 0. The first-order valence-electron chi connectivity index (χ1n) is 16.8. The fourth-order valence-electron chi connectivity index (χ4n) is 7.87. The number of carbonyl (C=O) groups is 1. The highest BCUT2D eigenvalue weighted by atomic mass is 19.1. The van der Waals surface area contributed by atoms with Gasteiger partial charge in [-0.25, -0.2) is 4.39 Å². The highest BCUT2D eigenvalue weighted by Gasteiger charge is 2.42. The van der Waals surface area contributed by atoms with Crippen molar-refractivity contribution in [3.63, 3.8) is 0 Å². The Morgan fingerprint density at radius 2 is 1.76 bits per heavy atom. The number of carboxylic acid groups (broad SMARTS) is 1. The third-order valence-electron chi connectivity index (χ3n) is 10.4. The molecule has 0 amide bonds. The topological polar surface area (TPSA) is 61.6 Å². The summed E-state index contributed by atoms with van der Waals surface area (Å²) in [5, 5.41) is 17.7. The van der Waals surface area contributed by atoms with Gasteiger partial charge >= 0.3 is 5.97 Å². The number of carboxylic acids is 1. The minimum absolute atomic E-state index is 0.0553. The third kappa shape index (κ3) is 7.00. The second-order valence-corrected chi connectivity index (χ2v) is 13.4. The van der Waals surface area contributed by atoms with Gasteiger partial charge in [0.05, 0.1) is 5.69 Å². The minimum Gasteiger partial charge on any atom is -0.480 e. The molecule has 6 nitrogen and oxygen atoms in total. The number of nitrogens with zero attached hydrogens (tertiary/aromatic N) is 4. The smallest absolute Gasteiger partial charge is 0.321 e. The van der Waals surface area contributed by atoms with Crippen LogP contribution in [0.2, 0.25) is 0 Å². The maximum atomic E-state index is 14.3. The van der Waals surface area contributed by atoms with Gasteiger partial charge in [0.1, 0.15) is 11.9 Å². The van der Waals surface area contributed by atoms with Crippen LogP contribution in [0.4, 0.5) is 4.39 Å². The Bertz CT molecular complexity index is 1610. The summed E-state index contributed by atoms with van der Waals surface area (Å²) in [5.74, 6) is -0.0850. The summed E-state index contributed by atoms with van der Waals surface area (Å²) in [6.45, 7) is 11.4. The number of fused-ring (bicyclic) bond motifs is 1. The molecule has 2 aliphatic rings. The van der Waals surface area contributed by atoms with Crippen LogP contribution in [0.1, 0.15) is 74.4 Å². The Hall–Kier alpha value is -3.55. The van der Waals surface area contributed by atoms with Crippen molar-refractivity contribution in [3.8, 4) is 0 Å². The summed E-state index contributed by atoms with van der Waals surface area (Å²) in [5.41, 5.74) is 4.74. The van der Waals surface area contributed by atoms with Gasteiger partial charge in [-0.15, -0.1) is 0 Å². The monoisotopic (exact) mass is 610 g/mol. The van der Waals surface area contributed by atoms with Gasteiger partial charge in [-0.2, -0.15) is 5.10 Å². The number of halogens is 1. The number of aryl methyl sites for hydroxylation is 1. The van der Waals surface area contributed by atoms with Crippen LogP contribution >= 0.6 is 0 Å². The van der Waals surface area contributed by atoms with Gasteiger partial charge in [-0.1, -0.05) is 74.9 Å². The van der Waals surface area contributed by atoms with E-state index in [-0.39, 0.29) is 23.6 Å². The molecule has 0 spiro atoms. The molecule has 2 saturated heterocycles. The van der Waals surface area contributed by atoms with Crippen molar-refractivity contribution in [1.82, 2.24) is 19.6 Å². The molecule has 0 bridgehead atoms. The van der Waals surface area contributed by atoms with Crippen LogP contribution in [0.5, 0.6) is 0 Å². The summed E-state index contributed by atoms with van der Waals surface area (Å²) in [4.78, 5) is 17.0. The number of aromatic nitrogens is 2. The molecular weight excluding hydrogens is 563 g/mol. The first kappa shape index (κ1) is 31.4. The van der Waals surface area contributed by atoms with Crippen molar-refractivity contribution >= 4 is 16.7 Å². The fourth-order valence-corrected chi connectivity index (χ4v) is 7.87. The first-order valence-corrected chi connectivity index (χ1v) is 16.8. The number of likely N-dealkylation sites (tertiary alicyclic amines) is 2. The van der Waals surface area contributed by atoms with Crippen LogP contribution in [-0.4, -0.2) is 69.4 Å². The molecule has 0 saturated carbocycles. The highest BCUT2D eigenvalue weighted by molar-refractivity contribution is 5.83. The van der Waals surface area contributed by atoms with E-state index in [0.717, 1.165) is 69.7 Å². The predicted molar refractivity (Wildman–Crippen MR) is 178 cm³/mol. The third-order valence-corrected chi connectivity index (χ3v) is 10.4. The maximum absolute atomic E-state index is 14.3. The Balaban J connectivity index is 1.13. The van der Waals surface area contributed by atoms with E-state index >= 15 is 0 Å². The second kappa shape index (κ2) is 13.8. The zero-order valence-corrected chi connectivity index (χ0v) is 26.9. The molecule has 3 aromatic carbocycles. The Morgan fingerprint density at radius 1 is 0.978 bits per heavy atom. The molecule has 4 aromatic rings. The molecule has 3 heterocycles. The van der Waals surface area contributed by atoms with Gasteiger partial charge in [0.25, 0.3) is 0 Å². The quantitative estimate of drug-likeness (QED) is 0.195. The van der Waals surface area contributed by atoms with Gasteiger partial charge in [0, 0.05) is 50.1 Å². The number of benzene rings is 3. The van der Waals surface area contributed by atoms with Crippen LogP contribution in [-0.2, 0) is 17.8 Å². The Labute approximate surface area is 266 Å². The van der Waals surface area contributed by atoms with Crippen LogP contribution < -0.4 is 0 Å². The molecule has 7 heteroatoms. The number of aliphatic carboxylic acids is 1. The van der Waals surface area contributed by atoms with Crippen molar-refractivity contribution in [2.45, 2.75) is 70.9 Å². The summed E-state index contributed by atoms with van der Waals surface area (Å²) < 4.78 is 16.5. The Kier molecular flexibility index (Phi) is 9.67. The van der Waals surface area contributed by atoms with E-state index in [9.17, 15) is 14.3 Å². The summed E-state index contributed by atoms with van der Waals surface area (Å²) in [6.07, 6.45) is 3.80. The molecular formula is C38H47FN4O2. The number of hydrogen-bond acceptors (Lipinski definition) is 4. The SMILES string of the molecule is CC[C@@H](C)[C@H](C(=O)O)N1C[C@H](CN2CCC(c3cc(Cc4ccc5ccccc5c4)nn3CC)CC2)[C@@H](c2cccc(F)c2)C1. The maximum Gasteiger partial charge on any atom is 0.321 e. The molecule has 0 aliphatic carbocycles. The van der Waals surface area contributed by atoms with Gasteiger partial charge in [-0.05, 0) is 84.8 Å². The molecule has 6 rings (SSSR count). The molecule has 0 unspecified atom stereocenters. The van der Waals surface area contributed by atoms with E-state index in [0.29, 0.717) is 12.5 Å². The van der Waals surface area contributed by atoms with Gasteiger partial charge < -0.3 is 10.0 Å².